The predicted octanol–water partition coefficient (Wildman–Crippen LogP) is 4.02. The first kappa shape index (κ1) is 22.8. The van der Waals surface area contributed by atoms with Crippen LogP contribution in [0.4, 0.5) is 0 Å². The summed E-state index contributed by atoms with van der Waals surface area (Å²) in [7, 11) is 1.60. The summed E-state index contributed by atoms with van der Waals surface area (Å²) >= 11 is 0. The Hall–Kier alpha value is -3.87. The zero-order chi connectivity index (χ0) is 23.4. The van der Waals surface area contributed by atoms with E-state index in [9.17, 15) is 19.5 Å². The number of hydrogen-bond acceptors (Lipinski definition) is 5. The molecule has 1 N–H and O–H groups in total. The number of benzene rings is 1. The molecule has 0 atom stereocenters. The molecular formula is C25H26N2O5. The number of allylic oxidation sites excluding steroid dienone is 6. The van der Waals surface area contributed by atoms with Crippen LogP contribution in [-0.4, -0.2) is 32.6 Å². The largest absolute Gasteiger partial charge is 0.505 e. The molecule has 1 aromatic carbocycles. The van der Waals surface area contributed by atoms with Gasteiger partial charge in [-0.05, 0) is 32.4 Å². The number of fused-ring (bicyclic) bond motifs is 3. The molecule has 0 unspecified atom stereocenters. The zero-order valence-electron chi connectivity index (χ0n) is 18.6. The van der Waals surface area contributed by atoms with Gasteiger partial charge in [-0.15, -0.1) is 0 Å². The second kappa shape index (κ2) is 9.51. The number of aromatic nitrogens is 2. The molecule has 0 aliphatic rings. The van der Waals surface area contributed by atoms with E-state index in [1.807, 2.05) is 25.2 Å². The summed E-state index contributed by atoms with van der Waals surface area (Å²) in [6, 6.07) is 7.09. The van der Waals surface area contributed by atoms with E-state index in [4.69, 9.17) is 4.74 Å². The van der Waals surface area contributed by atoms with Crippen molar-refractivity contribution in [3.8, 4) is 5.75 Å². The van der Waals surface area contributed by atoms with Crippen LogP contribution in [-0.2, 0) is 23.1 Å². The lowest BCUT2D eigenvalue weighted by Crippen LogP contribution is -2.25. The maximum Gasteiger partial charge on any atom is 0.358 e. The Balaban J connectivity index is 2.23. The van der Waals surface area contributed by atoms with Gasteiger partial charge in [-0.1, -0.05) is 48.6 Å². The number of Topliss-reactive ketones (excluding diaryl/α,β-unsaturated/α-hetero) is 1. The van der Waals surface area contributed by atoms with E-state index >= 15 is 0 Å². The van der Waals surface area contributed by atoms with Gasteiger partial charge >= 0.3 is 5.97 Å². The lowest BCUT2D eigenvalue weighted by Gasteiger charge is -2.12. The van der Waals surface area contributed by atoms with Crippen molar-refractivity contribution in [2.75, 3.05) is 6.61 Å². The molecule has 0 bridgehead atoms. The van der Waals surface area contributed by atoms with E-state index in [0.717, 1.165) is 0 Å². The molecule has 32 heavy (non-hydrogen) atoms. The summed E-state index contributed by atoms with van der Waals surface area (Å²) < 4.78 is 7.85. The number of carbonyl (C=O) groups is 2. The molecule has 0 spiro atoms. The number of ether oxygens (including phenoxy) is 1. The molecule has 0 saturated carbocycles. The minimum absolute atomic E-state index is 0.0170. The number of aromatic hydroxyl groups is 1. The molecule has 2 aromatic heterocycles. The molecule has 0 amide bonds. The van der Waals surface area contributed by atoms with E-state index in [1.54, 1.807) is 57.3 Å². The molecule has 2 heterocycles. The lowest BCUT2D eigenvalue weighted by molar-refractivity contribution is -0.116. The van der Waals surface area contributed by atoms with Gasteiger partial charge in [0.1, 0.15) is 5.39 Å². The summed E-state index contributed by atoms with van der Waals surface area (Å²) in [6.07, 6.45) is 8.97. The quantitative estimate of drug-likeness (QED) is 0.345. The first-order valence-electron chi connectivity index (χ1n) is 10.3. The molecule has 3 aromatic rings. The third-order valence-corrected chi connectivity index (χ3v) is 5.25. The fourth-order valence-corrected chi connectivity index (χ4v) is 3.67. The van der Waals surface area contributed by atoms with E-state index in [0.29, 0.717) is 22.0 Å². The maximum absolute atomic E-state index is 13.4. The van der Waals surface area contributed by atoms with E-state index < -0.39 is 17.3 Å². The fourth-order valence-electron chi connectivity index (χ4n) is 3.67. The van der Waals surface area contributed by atoms with Crippen LogP contribution in [0.25, 0.3) is 21.8 Å². The van der Waals surface area contributed by atoms with Gasteiger partial charge in [0.05, 0.1) is 24.2 Å². The number of ketones is 1. The molecule has 7 nitrogen and oxygen atoms in total. The van der Waals surface area contributed by atoms with Gasteiger partial charge in [0.2, 0.25) is 0 Å². The fraction of sp³-hybridized carbons (Fsp3) is 0.240. The van der Waals surface area contributed by atoms with Crippen molar-refractivity contribution in [3.63, 3.8) is 0 Å². The number of rotatable bonds is 7. The van der Waals surface area contributed by atoms with Crippen LogP contribution < -0.4 is 5.56 Å². The first-order valence-corrected chi connectivity index (χ1v) is 10.3. The Morgan fingerprint density at radius 1 is 1.16 bits per heavy atom. The molecular weight excluding hydrogens is 408 g/mol. The third-order valence-electron chi connectivity index (χ3n) is 5.25. The van der Waals surface area contributed by atoms with Gasteiger partial charge in [-0.25, -0.2) is 4.79 Å². The Morgan fingerprint density at radius 3 is 2.56 bits per heavy atom. The number of aryl methyl sites for hydroxylation is 1. The van der Waals surface area contributed by atoms with Gasteiger partial charge in [-0.2, -0.15) is 0 Å². The summed E-state index contributed by atoms with van der Waals surface area (Å²) in [5.41, 5.74) is 0.792. The SMILES string of the molecule is C\C=C/C=C\C=C(/C)C(=O)Cn1c(=O)c2c(O)c(C(=O)OCC)n(C)c2c2ccccc21. The average molecular weight is 434 g/mol. The van der Waals surface area contributed by atoms with Crippen molar-refractivity contribution in [3.05, 3.63) is 76.3 Å². The lowest BCUT2D eigenvalue weighted by atomic mass is 10.1. The van der Waals surface area contributed by atoms with E-state index in [-0.39, 0.29) is 30.0 Å². The van der Waals surface area contributed by atoms with Gasteiger partial charge in [0, 0.05) is 12.4 Å². The molecule has 166 valence electrons. The van der Waals surface area contributed by atoms with E-state index in [1.165, 1.54) is 9.13 Å². The minimum atomic E-state index is -0.721. The molecule has 0 saturated heterocycles. The Morgan fingerprint density at radius 2 is 1.88 bits per heavy atom. The summed E-state index contributed by atoms with van der Waals surface area (Å²) in [5.74, 6) is -1.40. The van der Waals surface area contributed by atoms with Gasteiger partial charge in [-0.3, -0.25) is 14.2 Å². The molecule has 0 aliphatic carbocycles. The minimum Gasteiger partial charge on any atom is -0.505 e. The van der Waals surface area contributed by atoms with Crippen molar-refractivity contribution in [2.45, 2.75) is 27.3 Å². The number of carbonyl (C=O) groups excluding carboxylic acids is 2. The van der Waals surface area contributed by atoms with Crippen molar-refractivity contribution in [2.24, 2.45) is 7.05 Å². The van der Waals surface area contributed by atoms with Crippen molar-refractivity contribution in [1.29, 1.82) is 0 Å². The van der Waals surface area contributed by atoms with Crippen LogP contribution in [0.15, 0.2) is 65.0 Å². The first-order chi connectivity index (χ1) is 15.3. The number of esters is 1. The highest BCUT2D eigenvalue weighted by atomic mass is 16.5. The Bertz CT molecular complexity index is 1350. The zero-order valence-corrected chi connectivity index (χ0v) is 18.6. The molecule has 0 radical (unpaired) electrons. The third kappa shape index (κ3) is 4.01. The number of hydrogen-bond donors (Lipinski definition) is 1. The second-order valence-electron chi connectivity index (χ2n) is 7.29. The summed E-state index contributed by atoms with van der Waals surface area (Å²) in [5, 5.41) is 11.4. The van der Waals surface area contributed by atoms with Crippen LogP contribution in [0.3, 0.4) is 0 Å². The summed E-state index contributed by atoms with van der Waals surface area (Å²) in [4.78, 5) is 38.7. The second-order valence-corrected chi connectivity index (χ2v) is 7.29. The van der Waals surface area contributed by atoms with E-state index in [2.05, 4.69) is 0 Å². The van der Waals surface area contributed by atoms with Crippen LogP contribution in [0.2, 0.25) is 0 Å². The van der Waals surface area contributed by atoms with Crippen molar-refractivity contribution in [1.82, 2.24) is 9.13 Å². The highest BCUT2D eigenvalue weighted by Gasteiger charge is 2.27. The molecule has 0 aliphatic heterocycles. The summed E-state index contributed by atoms with van der Waals surface area (Å²) in [6.45, 7) is 5.18. The molecule has 7 heteroatoms. The standard InChI is InChI=1S/C25H26N2O5/c1-5-7-8-9-12-16(3)19(28)15-27-18-14-11-10-13-17(18)21-20(24(27)30)23(29)22(26(21)4)25(31)32-6-2/h5,7-14,29H,6,15H2,1-4H3/b7-5-,9-8-,16-12+. The molecule has 0 fully saturated rings. The highest BCUT2D eigenvalue weighted by Crippen LogP contribution is 2.34. The van der Waals surface area contributed by atoms with Crippen molar-refractivity contribution >= 4 is 33.6 Å². The topological polar surface area (TPSA) is 90.5 Å². The van der Waals surface area contributed by atoms with Crippen LogP contribution in [0.1, 0.15) is 31.3 Å². The Labute approximate surface area is 185 Å². The number of para-hydroxylation sites is 1. The van der Waals surface area contributed by atoms with Crippen LogP contribution >= 0.6 is 0 Å². The monoisotopic (exact) mass is 434 g/mol. The van der Waals surface area contributed by atoms with Crippen molar-refractivity contribution < 1.29 is 19.4 Å². The highest BCUT2D eigenvalue weighted by molar-refractivity contribution is 6.11. The predicted molar refractivity (Wildman–Crippen MR) is 125 cm³/mol. The Kier molecular flexibility index (Phi) is 6.78. The normalized spacial score (nSPS) is 12.4. The van der Waals surface area contributed by atoms with Crippen LogP contribution in [0.5, 0.6) is 5.75 Å². The van der Waals surface area contributed by atoms with Crippen LogP contribution in [0, 0.1) is 0 Å². The number of pyridine rings is 1. The van der Waals surface area contributed by atoms with Gasteiger partial charge < -0.3 is 14.4 Å². The molecule has 3 rings (SSSR count). The number of nitrogens with zero attached hydrogens (tertiary/aromatic N) is 2. The maximum atomic E-state index is 13.4. The van der Waals surface area contributed by atoms with Gasteiger partial charge in [0.15, 0.2) is 17.2 Å². The van der Waals surface area contributed by atoms with Gasteiger partial charge in [0.25, 0.3) is 5.56 Å². The average Bonchev–Trinajstić information content (AvgIpc) is 3.04. The smallest absolute Gasteiger partial charge is 0.358 e.